The normalized spacial score (nSPS) is 28.7. The van der Waals surface area contributed by atoms with Gasteiger partial charge in [-0.2, -0.15) is 5.10 Å². The Bertz CT molecular complexity index is 600. The minimum atomic E-state index is -0.608. The van der Waals surface area contributed by atoms with Crippen LogP contribution in [0.3, 0.4) is 0 Å². The molecule has 2 bridgehead atoms. The highest BCUT2D eigenvalue weighted by Gasteiger charge is 2.50. The fourth-order valence-corrected chi connectivity index (χ4v) is 4.36. The number of nitrogens with zero attached hydrogens (tertiary/aromatic N) is 3. The molecule has 2 amide bonds. The Kier molecular flexibility index (Phi) is 4.83. The molecule has 3 aliphatic rings. The third kappa shape index (κ3) is 2.69. The molecule has 0 aromatic carbocycles. The number of carbonyl (C=O) groups excluding carboxylic acids is 2. The number of nitrogens with one attached hydrogen (secondary N) is 2. The molecular weight excluding hydrogens is 330 g/mol. The Morgan fingerprint density at radius 2 is 2.00 bits per heavy atom. The molecule has 2 atom stereocenters. The molecule has 8 heteroatoms. The van der Waals surface area contributed by atoms with E-state index in [0.717, 1.165) is 38.8 Å². The third-order valence-corrected chi connectivity index (χ3v) is 5.58. The highest BCUT2D eigenvalue weighted by atomic mass is 35.5. The van der Waals surface area contributed by atoms with Gasteiger partial charge in [-0.15, -0.1) is 12.4 Å². The molecule has 3 fully saturated rings. The Labute approximate surface area is 147 Å². The van der Waals surface area contributed by atoms with Gasteiger partial charge in [0.05, 0.1) is 0 Å². The molecule has 4 rings (SSSR count). The lowest BCUT2D eigenvalue weighted by atomic mass is 9.86. The maximum Gasteiger partial charge on any atom is 0.251 e. The first-order valence-corrected chi connectivity index (χ1v) is 8.51. The molecule has 0 spiro atoms. The highest BCUT2D eigenvalue weighted by Crippen LogP contribution is 2.36. The van der Waals surface area contributed by atoms with Crippen LogP contribution in [0.2, 0.25) is 0 Å². The molecule has 2 N–H and O–H groups in total. The van der Waals surface area contributed by atoms with Gasteiger partial charge in [-0.05, 0) is 44.8 Å². The molecule has 1 aromatic rings. The van der Waals surface area contributed by atoms with E-state index in [4.69, 9.17) is 0 Å². The maximum atomic E-state index is 13.6. The quantitative estimate of drug-likeness (QED) is 0.799. The molecule has 3 saturated heterocycles. The smallest absolute Gasteiger partial charge is 0.251 e. The molecule has 1 aromatic heterocycles. The summed E-state index contributed by atoms with van der Waals surface area (Å²) in [5.74, 6) is 0.208. The van der Waals surface area contributed by atoms with E-state index >= 15 is 0 Å². The van der Waals surface area contributed by atoms with Crippen molar-refractivity contribution in [2.45, 2.75) is 49.7 Å². The Hall–Kier alpha value is -1.60. The Morgan fingerprint density at radius 1 is 1.25 bits per heavy atom. The van der Waals surface area contributed by atoms with Gasteiger partial charge in [0.15, 0.2) is 0 Å². The van der Waals surface area contributed by atoms with E-state index in [1.54, 1.807) is 6.20 Å². The summed E-state index contributed by atoms with van der Waals surface area (Å²) in [6, 6.07) is 2.04. The zero-order chi connectivity index (χ0) is 15.9. The van der Waals surface area contributed by atoms with Crippen molar-refractivity contribution in [1.29, 1.82) is 0 Å². The molecule has 7 nitrogen and oxygen atoms in total. The van der Waals surface area contributed by atoms with Crippen LogP contribution in [0.15, 0.2) is 18.5 Å². The van der Waals surface area contributed by atoms with Crippen LogP contribution in [0, 0.1) is 0 Å². The average molecular weight is 354 g/mol. The summed E-state index contributed by atoms with van der Waals surface area (Å²) < 4.78 is 1.84. The lowest BCUT2D eigenvalue weighted by Gasteiger charge is -2.42. The number of fused-ring (bicyclic) bond motifs is 2. The summed E-state index contributed by atoms with van der Waals surface area (Å²) in [5, 5.41) is 10.7. The van der Waals surface area contributed by atoms with Gasteiger partial charge >= 0.3 is 0 Å². The lowest BCUT2D eigenvalue weighted by molar-refractivity contribution is -0.146. The van der Waals surface area contributed by atoms with Gasteiger partial charge in [0.25, 0.3) is 5.91 Å². The fourth-order valence-electron chi connectivity index (χ4n) is 4.36. The first kappa shape index (κ1) is 17.2. The predicted molar refractivity (Wildman–Crippen MR) is 90.8 cm³/mol. The maximum absolute atomic E-state index is 13.6. The number of amides is 2. The van der Waals surface area contributed by atoms with Gasteiger partial charge in [-0.3, -0.25) is 14.3 Å². The predicted octanol–water partition coefficient (Wildman–Crippen LogP) is 0.263. The second kappa shape index (κ2) is 6.72. The lowest BCUT2D eigenvalue weighted by Crippen LogP contribution is -2.58. The highest BCUT2D eigenvalue weighted by molar-refractivity contribution is 5.87. The van der Waals surface area contributed by atoms with Crippen LogP contribution in [0.5, 0.6) is 0 Å². The van der Waals surface area contributed by atoms with E-state index in [2.05, 4.69) is 15.7 Å². The van der Waals surface area contributed by atoms with Crippen LogP contribution in [-0.4, -0.2) is 58.2 Å². The van der Waals surface area contributed by atoms with Crippen LogP contribution < -0.4 is 10.6 Å². The Balaban J connectivity index is 0.00000169. The first-order chi connectivity index (χ1) is 11.2. The molecule has 2 unspecified atom stereocenters. The molecule has 132 valence electrons. The summed E-state index contributed by atoms with van der Waals surface area (Å²) in [5.41, 5.74) is -0.608. The number of hydrogen-bond donors (Lipinski definition) is 2. The van der Waals surface area contributed by atoms with Gasteiger partial charge in [0.2, 0.25) is 5.91 Å². The summed E-state index contributed by atoms with van der Waals surface area (Å²) in [6.45, 7) is 2.20. The molecule has 0 aliphatic carbocycles. The zero-order valence-electron chi connectivity index (χ0n) is 13.6. The number of hydrogen-bond acceptors (Lipinski definition) is 4. The molecule has 0 radical (unpaired) electrons. The van der Waals surface area contributed by atoms with Crippen molar-refractivity contribution in [3.05, 3.63) is 18.5 Å². The second-order valence-corrected chi connectivity index (χ2v) is 6.84. The summed E-state index contributed by atoms with van der Waals surface area (Å²) in [4.78, 5) is 27.4. The number of piperidine rings is 1. The van der Waals surface area contributed by atoms with Gasteiger partial charge in [-0.25, -0.2) is 0 Å². The van der Waals surface area contributed by atoms with Gasteiger partial charge in [0, 0.05) is 37.4 Å². The second-order valence-electron chi connectivity index (χ2n) is 6.84. The van der Waals surface area contributed by atoms with Crippen LogP contribution in [-0.2, 0) is 15.1 Å². The SMILES string of the molecule is Cl.O=C1CC2CCC(CN1)N2C(=O)C1(n2cccn2)CCNCC1. The van der Waals surface area contributed by atoms with Crippen LogP contribution >= 0.6 is 12.4 Å². The van der Waals surface area contributed by atoms with E-state index in [1.807, 2.05) is 21.8 Å². The van der Waals surface area contributed by atoms with Crippen molar-refractivity contribution in [3.8, 4) is 0 Å². The van der Waals surface area contributed by atoms with Crippen LogP contribution in [0.25, 0.3) is 0 Å². The van der Waals surface area contributed by atoms with Gasteiger partial charge < -0.3 is 15.5 Å². The monoisotopic (exact) mass is 353 g/mol. The van der Waals surface area contributed by atoms with Crippen molar-refractivity contribution >= 4 is 24.2 Å². The average Bonchev–Trinajstić information content (AvgIpc) is 3.19. The van der Waals surface area contributed by atoms with Gasteiger partial charge in [0.1, 0.15) is 5.54 Å². The van der Waals surface area contributed by atoms with Crippen molar-refractivity contribution in [1.82, 2.24) is 25.3 Å². The number of rotatable bonds is 2. The van der Waals surface area contributed by atoms with E-state index in [9.17, 15) is 9.59 Å². The van der Waals surface area contributed by atoms with Crippen molar-refractivity contribution < 1.29 is 9.59 Å². The molecular formula is C16H24ClN5O2. The zero-order valence-corrected chi connectivity index (χ0v) is 14.4. The van der Waals surface area contributed by atoms with Crippen molar-refractivity contribution in [2.75, 3.05) is 19.6 Å². The Morgan fingerprint density at radius 3 is 2.71 bits per heavy atom. The van der Waals surface area contributed by atoms with E-state index < -0.39 is 5.54 Å². The standard InChI is InChI=1S/C16H23N5O2.ClH/c22-14-10-12-2-3-13(11-18-14)21(12)15(23)16(4-7-17-8-5-16)20-9-1-6-19-20;/h1,6,9,12-13,17H,2-5,7-8,10-11H2,(H,18,22);1H. The fraction of sp³-hybridized carbons (Fsp3) is 0.688. The van der Waals surface area contributed by atoms with E-state index in [-0.39, 0.29) is 36.3 Å². The largest absolute Gasteiger partial charge is 0.354 e. The third-order valence-electron chi connectivity index (χ3n) is 5.58. The van der Waals surface area contributed by atoms with Gasteiger partial charge in [-0.1, -0.05) is 0 Å². The minimum Gasteiger partial charge on any atom is -0.354 e. The topological polar surface area (TPSA) is 79.3 Å². The van der Waals surface area contributed by atoms with E-state index in [0.29, 0.717) is 13.0 Å². The number of carbonyl (C=O) groups is 2. The molecule has 24 heavy (non-hydrogen) atoms. The molecule has 0 saturated carbocycles. The number of halogens is 1. The van der Waals surface area contributed by atoms with Crippen LogP contribution in [0.1, 0.15) is 32.1 Å². The molecule has 4 heterocycles. The minimum absolute atomic E-state index is 0. The van der Waals surface area contributed by atoms with Crippen LogP contribution in [0.4, 0.5) is 0 Å². The van der Waals surface area contributed by atoms with Crippen molar-refractivity contribution in [2.24, 2.45) is 0 Å². The van der Waals surface area contributed by atoms with Crippen molar-refractivity contribution in [3.63, 3.8) is 0 Å². The summed E-state index contributed by atoms with van der Waals surface area (Å²) in [6.07, 6.45) is 7.44. The summed E-state index contributed by atoms with van der Waals surface area (Å²) in [7, 11) is 0. The molecule has 3 aliphatic heterocycles. The van der Waals surface area contributed by atoms with E-state index in [1.165, 1.54) is 0 Å². The number of aromatic nitrogens is 2. The first-order valence-electron chi connectivity index (χ1n) is 8.51. The summed E-state index contributed by atoms with van der Waals surface area (Å²) >= 11 is 0.